The second kappa shape index (κ2) is 9.86. The Kier molecular flexibility index (Phi) is 8.51. The van der Waals surface area contributed by atoms with Gasteiger partial charge in [0.05, 0.1) is 11.8 Å². The van der Waals surface area contributed by atoms with Gasteiger partial charge < -0.3 is 10.2 Å². The number of hydrogen-bond donors (Lipinski definition) is 2. The fourth-order valence-corrected chi connectivity index (χ4v) is 3.67. The maximum atomic E-state index is 10.6. The van der Waals surface area contributed by atoms with Crippen molar-refractivity contribution < 1.29 is 19.8 Å². The molecule has 2 aliphatic rings. The van der Waals surface area contributed by atoms with Crippen LogP contribution in [0, 0.1) is 23.7 Å². The van der Waals surface area contributed by atoms with E-state index >= 15 is 0 Å². The molecule has 128 valence electrons. The van der Waals surface area contributed by atoms with Crippen molar-refractivity contribution in [1.82, 2.24) is 0 Å². The van der Waals surface area contributed by atoms with E-state index in [1.54, 1.807) is 0 Å². The average molecular weight is 312 g/mol. The second-order valence-electron chi connectivity index (χ2n) is 7.05. The lowest BCUT2D eigenvalue weighted by molar-refractivity contribution is -0.144. The summed E-state index contributed by atoms with van der Waals surface area (Å²) in [6.45, 7) is 3.66. The van der Waals surface area contributed by atoms with Crippen molar-refractivity contribution in [3.8, 4) is 0 Å². The van der Waals surface area contributed by atoms with Crippen LogP contribution in [-0.2, 0) is 9.59 Å². The molecule has 0 aromatic carbocycles. The molecule has 0 aromatic heterocycles. The maximum Gasteiger partial charge on any atom is 0.306 e. The third kappa shape index (κ3) is 6.37. The van der Waals surface area contributed by atoms with Crippen LogP contribution in [0.25, 0.3) is 0 Å². The highest BCUT2D eigenvalue weighted by Crippen LogP contribution is 2.30. The molecule has 0 spiro atoms. The summed E-state index contributed by atoms with van der Waals surface area (Å²) in [7, 11) is 0. The van der Waals surface area contributed by atoms with E-state index in [1.807, 2.05) is 13.8 Å². The normalized spacial score (nSPS) is 23.0. The van der Waals surface area contributed by atoms with Crippen LogP contribution in [0.3, 0.4) is 0 Å². The van der Waals surface area contributed by atoms with Gasteiger partial charge in [0.15, 0.2) is 0 Å². The van der Waals surface area contributed by atoms with E-state index in [4.69, 9.17) is 10.2 Å². The fourth-order valence-electron chi connectivity index (χ4n) is 3.67. The van der Waals surface area contributed by atoms with Crippen molar-refractivity contribution in [1.29, 1.82) is 0 Å². The second-order valence-corrected chi connectivity index (χ2v) is 7.05. The molecule has 2 unspecified atom stereocenters. The summed E-state index contributed by atoms with van der Waals surface area (Å²) in [6.07, 6.45) is 12.0. The van der Waals surface area contributed by atoms with Crippen molar-refractivity contribution in [2.75, 3.05) is 0 Å². The number of carbonyl (C=O) groups is 2. The number of carboxylic acid groups (broad SMARTS) is 2. The number of aliphatic carboxylic acids is 2. The van der Waals surface area contributed by atoms with Crippen LogP contribution >= 0.6 is 0 Å². The van der Waals surface area contributed by atoms with E-state index in [2.05, 4.69) is 0 Å². The Morgan fingerprint density at radius 2 is 0.955 bits per heavy atom. The molecule has 2 saturated carbocycles. The highest BCUT2D eigenvalue weighted by atomic mass is 16.4. The minimum atomic E-state index is -0.628. The van der Waals surface area contributed by atoms with E-state index in [9.17, 15) is 9.59 Å². The molecule has 2 N–H and O–H groups in total. The molecule has 2 fully saturated rings. The molecule has 2 atom stereocenters. The van der Waals surface area contributed by atoms with Crippen molar-refractivity contribution in [3.05, 3.63) is 0 Å². The molecule has 4 nitrogen and oxygen atoms in total. The average Bonchev–Trinajstić information content (AvgIpc) is 2.55. The zero-order valence-corrected chi connectivity index (χ0v) is 14.1. The molecule has 0 aliphatic heterocycles. The van der Waals surface area contributed by atoms with Crippen LogP contribution in [0.1, 0.15) is 78.1 Å². The molecule has 0 radical (unpaired) electrons. The first kappa shape index (κ1) is 19.0. The van der Waals surface area contributed by atoms with Crippen LogP contribution in [0.2, 0.25) is 0 Å². The molecule has 0 amide bonds. The molecule has 0 bridgehead atoms. The Hall–Kier alpha value is -1.06. The Morgan fingerprint density at radius 3 is 1.18 bits per heavy atom. The Morgan fingerprint density at radius 1 is 0.682 bits per heavy atom. The van der Waals surface area contributed by atoms with Gasteiger partial charge in [-0.3, -0.25) is 9.59 Å². The van der Waals surface area contributed by atoms with Gasteiger partial charge in [0, 0.05) is 0 Å². The largest absolute Gasteiger partial charge is 0.481 e. The Labute approximate surface area is 134 Å². The molecular weight excluding hydrogens is 280 g/mol. The Balaban J connectivity index is 0.000000220. The molecule has 22 heavy (non-hydrogen) atoms. The summed E-state index contributed by atoms with van der Waals surface area (Å²) in [4.78, 5) is 21.2. The molecule has 4 heteroatoms. The van der Waals surface area contributed by atoms with E-state index < -0.39 is 11.9 Å². The van der Waals surface area contributed by atoms with E-state index in [0.29, 0.717) is 11.8 Å². The summed E-state index contributed by atoms with van der Waals surface area (Å²) in [5.74, 6) is -0.623. The molecule has 2 aliphatic carbocycles. The van der Waals surface area contributed by atoms with Crippen molar-refractivity contribution in [2.45, 2.75) is 78.1 Å². The number of rotatable bonds is 4. The van der Waals surface area contributed by atoms with Crippen LogP contribution in [0.15, 0.2) is 0 Å². The van der Waals surface area contributed by atoms with E-state index in [-0.39, 0.29) is 11.8 Å². The fraction of sp³-hybridized carbons (Fsp3) is 0.889. The van der Waals surface area contributed by atoms with Gasteiger partial charge in [-0.2, -0.15) is 0 Å². The zero-order valence-electron chi connectivity index (χ0n) is 14.1. The number of carboxylic acids is 2. The maximum absolute atomic E-state index is 10.6. The first-order chi connectivity index (χ1) is 10.4. The molecule has 0 heterocycles. The van der Waals surface area contributed by atoms with Crippen LogP contribution in [0.5, 0.6) is 0 Å². The van der Waals surface area contributed by atoms with Crippen molar-refractivity contribution in [3.63, 3.8) is 0 Å². The van der Waals surface area contributed by atoms with Crippen LogP contribution in [-0.4, -0.2) is 22.2 Å². The van der Waals surface area contributed by atoms with Gasteiger partial charge in [-0.25, -0.2) is 0 Å². The smallest absolute Gasteiger partial charge is 0.306 e. The summed E-state index contributed by atoms with van der Waals surface area (Å²) in [5.41, 5.74) is 0. The first-order valence-corrected chi connectivity index (χ1v) is 8.89. The summed E-state index contributed by atoms with van der Waals surface area (Å²) in [6, 6.07) is 0. The summed E-state index contributed by atoms with van der Waals surface area (Å²) >= 11 is 0. The standard InChI is InChI=1S/2C9H16O2/c2*1-7(9(10)11)8-5-3-2-4-6-8/h2*7-8H,2-6H2,1H3,(H,10,11). The van der Waals surface area contributed by atoms with Gasteiger partial charge >= 0.3 is 11.9 Å². The zero-order chi connectivity index (χ0) is 16.5. The lowest BCUT2D eigenvalue weighted by Crippen LogP contribution is -2.22. The van der Waals surface area contributed by atoms with Crippen LogP contribution in [0.4, 0.5) is 0 Å². The third-order valence-corrected chi connectivity index (χ3v) is 5.49. The predicted octanol–water partition coefficient (Wildman–Crippen LogP) is 4.57. The van der Waals surface area contributed by atoms with Gasteiger partial charge in [-0.15, -0.1) is 0 Å². The van der Waals surface area contributed by atoms with Crippen LogP contribution < -0.4 is 0 Å². The lowest BCUT2D eigenvalue weighted by atomic mass is 9.81. The highest BCUT2D eigenvalue weighted by Gasteiger charge is 2.25. The van der Waals surface area contributed by atoms with Crippen molar-refractivity contribution >= 4 is 11.9 Å². The predicted molar refractivity (Wildman–Crippen MR) is 86.7 cm³/mol. The SMILES string of the molecule is CC(C(=O)O)C1CCCCC1.CC(C(=O)O)C1CCCCC1. The Bertz CT molecular complexity index is 307. The summed E-state index contributed by atoms with van der Waals surface area (Å²) < 4.78 is 0. The molecule has 0 aromatic rings. The topological polar surface area (TPSA) is 74.6 Å². The molecule has 2 rings (SSSR count). The lowest BCUT2D eigenvalue weighted by Gasteiger charge is -2.24. The number of hydrogen-bond acceptors (Lipinski definition) is 2. The molecule has 0 saturated heterocycles. The minimum absolute atomic E-state index is 0.129. The van der Waals surface area contributed by atoms with E-state index in [0.717, 1.165) is 25.7 Å². The van der Waals surface area contributed by atoms with Gasteiger partial charge in [0.25, 0.3) is 0 Å². The highest BCUT2D eigenvalue weighted by molar-refractivity contribution is 5.70. The first-order valence-electron chi connectivity index (χ1n) is 8.89. The minimum Gasteiger partial charge on any atom is -0.481 e. The molecular formula is C18H32O4. The summed E-state index contributed by atoms with van der Waals surface area (Å²) in [5, 5.41) is 17.5. The quantitative estimate of drug-likeness (QED) is 0.797. The monoisotopic (exact) mass is 312 g/mol. The third-order valence-electron chi connectivity index (χ3n) is 5.49. The van der Waals surface area contributed by atoms with Gasteiger partial charge in [-0.1, -0.05) is 52.4 Å². The van der Waals surface area contributed by atoms with Gasteiger partial charge in [0.2, 0.25) is 0 Å². The van der Waals surface area contributed by atoms with Gasteiger partial charge in [-0.05, 0) is 37.5 Å². The van der Waals surface area contributed by atoms with E-state index in [1.165, 1.54) is 38.5 Å². The van der Waals surface area contributed by atoms with Crippen molar-refractivity contribution in [2.24, 2.45) is 23.7 Å². The van der Waals surface area contributed by atoms with Gasteiger partial charge in [0.1, 0.15) is 0 Å².